The molecular weight excluding hydrogens is 312 g/mol. The van der Waals surface area contributed by atoms with Crippen molar-refractivity contribution in [3.63, 3.8) is 0 Å². The zero-order valence-electron chi connectivity index (χ0n) is 13.3. The number of fused-ring (bicyclic) bond motifs is 6. The molecule has 118 valence electrons. The van der Waals surface area contributed by atoms with Crippen LogP contribution in [0.1, 0.15) is 11.1 Å². The first-order valence-electron chi connectivity index (χ1n) is 8.28. The van der Waals surface area contributed by atoms with Crippen molar-refractivity contribution in [1.29, 1.82) is 0 Å². The van der Waals surface area contributed by atoms with Crippen LogP contribution in [0.15, 0.2) is 72.8 Å². The van der Waals surface area contributed by atoms with E-state index in [1.165, 1.54) is 0 Å². The summed E-state index contributed by atoms with van der Waals surface area (Å²) in [6.07, 6.45) is 4.17. The summed E-state index contributed by atoms with van der Waals surface area (Å²) in [4.78, 5) is 0. The Morgan fingerprint density at radius 2 is 1.12 bits per heavy atom. The maximum atomic E-state index is 6.39. The first kappa shape index (κ1) is 13.0. The molecule has 1 unspecified atom stereocenters. The molecule has 1 atom stereocenters. The van der Waals surface area contributed by atoms with E-state index < -0.39 is 6.03 Å². The summed E-state index contributed by atoms with van der Waals surface area (Å²) < 4.78 is 16.9. The lowest BCUT2D eigenvalue weighted by Crippen LogP contribution is -2.53. The van der Waals surface area contributed by atoms with Crippen LogP contribution >= 0.6 is 0 Å². The van der Waals surface area contributed by atoms with E-state index in [1.54, 1.807) is 0 Å². The highest BCUT2D eigenvalue weighted by Gasteiger charge is 2.72. The smallest absolute Gasteiger partial charge is 0.334 e. The van der Waals surface area contributed by atoms with E-state index in [0.717, 1.165) is 34.0 Å². The molecule has 4 nitrogen and oxygen atoms in total. The third kappa shape index (κ3) is 1.61. The highest BCUT2D eigenvalue weighted by atomic mass is 16.8. The van der Waals surface area contributed by atoms with Gasteiger partial charge in [0, 0.05) is 23.3 Å². The molecule has 0 amide bonds. The van der Waals surface area contributed by atoms with Crippen molar-refractivity contribution in [2.45, 2.75) is 6.03 Å². The molecule has 3 aromatic rings. The van der Waals surface area contributed by atoms with Gasteiger partial charge in [0.25, 0.3) is 11.4 Å². The standard InChI is InChI=1S/C21H14N2O2/c1-3-10-19-17(8-1)22-13-15-6-5-7-16(12-15)14-23-18-9-2-4-11-20(18)25-21(22,23)24-19/h1-14H/q+2/b22-13-,23-14?. The second-order valence-corrected chi connectivity index (χ2v) is 6.36. The molecule has 6 rings (SSSR count). The monoisotopic (exact) mass is 326 g/mol. The lowest BCUT2D eigenvalue weighted by atomic mass is 10.1. The van der Waals surface area contributed by atoms with Crippen molar-refractivity contribution in [3.8, 4) is 11.5 Å². The minimum atomic E-state index is -1.07. The van der Waals surface area contributed by atoms with Gasteiger partial charge in [-0.25, -0.2) is 0 Å². The van der Waals surface area contributed by atoms with Crippen molar-refractivity contribution in [2.24, 2.45) is 0 Å². The van der Waals surface area contributed by atoms with Gasteiger partial charge >= 0.3 is 6.03 Å². The van der Waals surface area contributed by atoms with E-state index in [0.29, 0.717) is 0 Å². The summed E-state index contributed by atoms with van der Waals surface area (Å²) >= 11 is 0. The zero-order chi connectivity index (χ0) is 16.4. The van der Waals surface area contributed by atoms with Gasteiger partial charge in [-0.1, -0.05) is 30.3 Å². The van der Waals surface area contributed by atoms with E-state index in [4.69, 9.17) is 9.47 Å². The Bertz CT molecular complexity index is 1030. The molecule has 0 saturated heterocycles. The molecule has 2 bridgehead atoms. The van der Waals surface area contributed by atoms with Gasteiger partial charge < -0.3 is 9.47 Å². The number of benzene rings is 3. The maximum Gasteiger partial charge on any atom is 0.715 e. The summed E-state index contributed by atoms with van der Waals surface area (Å²) in [6.45, 7) is 0. The molecule has 0 aromatic heterocycles. The Morgan fingerprint density at radius 1 is 0.600 bits per heavy atom. The van der Waals surface area contributed by atoms with Gasteiger partial charge in [0.2, 0.25) is 11.5 Å². The maximum absolute atomic E-state index is 6.39. The summed E-state index contributed by atoms with van der Waals surface area (Å²) in [5, 5.41) is 0. The second-order valence-electron chi connectivity index (χ2n) is 6.36. The van der Waals surface area contributed by atoms with Gasteiger partial charge in [0.1, 0.15) is 0 Å². The van der Waals surface area contributed by atoms with Crippen LogP contribution in [-0.2, 0) is 0 Å². The van der Waals surface area contributed by atoms with Crippen LogP contribution in [0.5, 0.6) is 11.5 Å². The molecule has 4 heteroatoms. The van der Waals surface area contributed by atoms with Crippen molar-refractivity contribution in [3.05, 3.63) is 83.9 Å². The predicted octanol–water partition coefficient (Wildman–Crippen LogP) is 3.62. The molecule has 0 N–H and O–H groups in total. The fourth-order valence-electron chi connectivity index (χ4n) is 3.73. The number of hydrogen-bond acceptors (Lipinski definition) is 2. The molecular formula is C21H14N2O2+2. The average Bonchev–Trinajstić information content (AvgIpc) is 3.10. The third-order valence-corrected chi connectivity index (χ3v) is 4.81. The Labute approximate surface area is 144 Å². The molecule has 3 heterocycles. The summed E-state index contributed by atoms with van der Waals surface area (Å²) in [7, 11) is 0. The quantitative estimate of drug-likeness (QED) is 0.589. The highest BCUT2D eigenvalue weighted by Crippen LogP contribution is 2.49. The Hall–Kier alpha value is -3.40. The van der Waals surface area contributed by atoms with E-state index in [9.17, 15) is 0 Å². The number of hydrogen-bond donors (Lipinski definition) is 0. The van der Waals surface area contributed by atoms with Gasteiger partial charge in [-0.3, -0.25) is 0 Å². The largest absolute Gasteiger partial charge is 0.715 e. The van der Waals surface area contributed by atoms with Crippen LogP contribution in [0.25, 0.3) is 0 Å². The van der Waals surface area contributed by atoms with Gasteiger partial charge in [-0.15, -0.1) is 0 Å². The zero-order valence-corrected chi connectivity index (χ0v) is 13.3. The Kier molecular flexibility index (Phi) is 2.26. The fraction of sp³-hybridized carbons (Fsp3) is 0.0476. The molecule has 0 saturated carbocycles. The van der Waals surface area contributed by atoms with Gasteiger partial charge in [-0.2, -0.15) is 0 Å². The highest BCUT2D eigenvalue weighted by molar-refractivity contribution is 5.85. The number of para-hydroxylation sites is 4. The molecule has 3 aliphatic rings. The second kappa shape index (κ2) is 4.36. The normalized spacial score (nSPS) is 23.4. The van der Waals surface area contributed by atoms with Gasteiger partial charge in [-0.05, 0) is 39.5 Å². The lowest BCUT2D eigenvalue weighted by molar-refractivity contribution is -0.830. The summed E-state index contributed by atoms with van der Waals surface area (Å²) in [6, 6.07) is 23.4. The number of ether oxygens (including phenoxy) is 2. The Balaban J connectivity index is 1.73. The molecule has 0 aliphatic carbocycles. The van der Waals surface area contributed by atoms with Gasteiger partial charge in [0.15, 0.2) is 12.4 Å². The Morgan fingerprint density at radius 3 is 1.68 bits per heavy atom. The van der Waals surface area contributed by atoms with Crippen LogP contribution < -0.4 is 9.47 Å². The molecule has 3 aromatic carbocycles. The average molecular weight is 326 g/mol. The van der Waals surface area contributed by atoms with Gasteiger partial charge in [0.05, 0.1) is 0 Å². The van der Waals surface area contributed by atoms with Crippen molar-refractivity contribution in [2.75, 3.05) is 0 Å². The van der Waals surface area contributed by atoms with Crippen LogP contribution in [0.2, 0.25) is 0 Å². The molecule has 3 aliphatic heterocycles. The van der Waals surface area contributed by atoms with Crippen LogP contribution in [0.3, 0.4) is 0 Å². The SMILES string of the molecule is C1=[N+]2c3ccccc3OC23Oc2ccccc2/[N+]3=C/c2cccc1c2. The first-order chi connectivity index (χ1) is 12.3. The van der Waals surface area contributed by atoms with Crippen LogP contribution in [-0.4, -0.2) is 27.6 Å². The molecule has 0 fully saturated rings. The molecule has 1 spiro atoms. The molecule has 25 heavy (non-hydrogen) atoms. The topological polar surface area (TPSA) is 24.5 Å². The predicted molar refractivity (Wildman–Crippen MR) is 93.5 cm³/mol. The third-order valence-electron chi connectivity index (χ3n) is 4.81. The fourth-order valence-corrected chi connectivity index (χ4v) is 3.73. The lowest BCUT2D eigenvalue weighted by Gasteiger charge is -2.13. The van der Waals surface area contributed by atoms with Crippen molar-refractivity contribution < 1.29 is 18.6 Å². The van der Waals surface area contributed by atoms with E-state index >= 15 is 0 Å². The minimum Gasteiger partial charge on any atom is -0.334 e. The van der Waals surface area contributed by atoms with Crippen LogP contribution in [0.4, 0.5) is 11.4 Å². The van der Waals surface area contributed by atoms with Crippen molar-refractivity contribution in [1.82, 2.24) is 0 Å². The van der Waals surface area contributed by atoms with E-state index in [-0.39, 0.29) is 0 Å². The summed E-state index contributed by atoms with van der Waals surface area (Å²) in [5.41, 5.74) is 4.18. The van der Waals surface area contributed by atoms with E-state index in [2.05, 4.69) is 58.0 Å². The first-order valence-corrected chi connectivity index (χ1v) is 8.28. The molecule has 0 radical (unpaired) electrons. The van der Waals surface area contributed by atoms with Crippen molar-refractivity contribution >= 4 is 23.8 Å². The van der Waals surface area contributed by atoms with E-state index in [1.807, 2.05) is 36.4 Å². The van der Waals surface area contributed by atoms with Crippen LogP contribution in [0, 0.1) is 0 Å². The summed E-state index contributed by atoms with van der Waals surface area (Å²) in [5.74, 6) is 1.61. The minimum absolute atomic E-state index is 0.806. The number of nitrogens with zero attached hydrogens (tertiary/aromatic N) is 2. The number of rotatable bonds is 0.